The lowest BCUT2D eigenvalue weighted by molar-refractivity contribution is -0.136. The van der Waals surface area contributed by atoms with Crippen LogP contribution in [0.5, 0.6) is 5.75 Å². The molecule has 1 N–H and O–H groups in total. The van der Waals surface area contributed by atoms with Crippen LogP contribution in [-0.4, -0.2) is 32.7 Å². The van der Waals surface area contributed by atoms with E-state index in [1.165, 1.54) is 12.1 Å². The summed E-state index contributed by atoms with van der Waals surface area (Å²) in [5.41, 5.74) is 0.428. The van der Waals surface area contributed by atoms with Gasteiger partial charge in [0.15, 0.2) is 0 Å². The van der Waals surface area contributed by atoms with Crippen LogP contribution < -0.4 is 4.74 Å². The zero-order chi connectivity index (χ0) is 14.4. The monoisotopic (exact) mass is 279 g/mol. The first kappa shape index (κ1) is 14.0. The Morgan fingerprint density at radius 2 is 2.10 bits per heavy atom. The van der Waals surface area contributed by atoms with Crippen LogP contribution in [0, 0.1) is 5.82 Å². The van der Waals surface area contributed by atoms with E-state index in [1.54, 1.807) is 23.0 Å². The molecule has 0 aliphatic carbocycles. The van der Waals surface area contributed by atoms with Crippen LogP contribution in [-0.2, 0) is 17.8 Å². The third-order valence-corrected chi connectivity index (χ3v) is 2.53. The highest BCUT2D eigenvalue weighted by Crippen LogP contribution is 2.11. The van der Waals surface area contributed by atoms with Gasteiger partial charge in [0.1, 0.15) is 11.6 Å². The zero-order valence-electron chi connectivity index (χ0n) is 10.7. The molecule has 0 saturated heterocycles. The predicted octanol–water partition coefficient (Wildman–Crippen LogP) is 1.51. The summed E-state index contributed by atoms with van der Waals surface area (Å²) in [5, 5.41) is 16.2. The number of carbonyl (C=O) groups is 1. The lowest BCUT2D eigenvalue weighted by atomic mass is 10.3. The topological polar surface area (TPSA) is 77.2 Å². The Labute approximate surface area is 114 Å². The average Bonchev–Trinajstić information content (AvgIpc) is 2.83. The van der Waals surface area contributed by atoms with Gasteiger partial charge in [-0.1, -0.05) is 5.21 Å². The van der Waals surface area contributed by atoms with Gasteiger partial charge in [-0.25, -0.2) is 4.39 Å². The summed E-state index contributed by atoms with van der Waals surface area (Å²) in [4.78, 5) is 10.5. The van der Waals surface area contributed by atoms with Gasteiger partial charge in [-0.05, 0) is 24.3 Å². The number of hydrogen-bond acceptors (Lipinski definition) is 4. The molecule has 0 fully saturated rings. The van der Waals surface area contributed by atoms with Gasteiger partial charge in [-0.2, -0.15) is 0 Å². The fraction of sp³-hybridized carbons (Fsp3) is 0.308. The summed E-state index contributed by atoms with van der Waals surface area (Å²) in [6.45, 7) is 1.04. The highest BCUT2D eigenvalue weighted by Gasteiger charge is 2.05. The molecule has 0 aliphatic rings. The number of hydrogen-bond donors (Lipinski definition) is 1. The van der Waals surface area contributed by atoms with Crippen LogP contribution in [0.25, 0.3) is 0 Å². The average molecular weight is 279 g/mol. The number of ether oxygens (including phenoxy) is 1. The van der Waals surface area contributed by atoms with E-state index in [0.29, 0.717) is 31.0 Å². The second kappa shape index (κ2) is 6.65. The van der Waals surface area contributed by atoms with E-state index in [2.05, 4.69) is 10.3 Å². The van der Waals surface area contributed by atoms with Crippen molar-refractivity contribution in [3.63, 3.8) is 0 Å². The quantitative estimate of drug-likeness (QED) is 0.777. The molecule has 0 atom stereocenters. The molecule has 6 nitrogen and oxygen atoms in total. The van der Waals surface area contributed by atoms with Crippen molar-refractivity contribution < 1.29 is 19.0 Å². The van der Waals surface area contributed by atoms with Gasteiger partial charge in [-0.3, -0.25) is 9.48 Å². The van der Waals surface area contributed by atoms with E-state index in [9.17, 15) is 9.18 Å². The molecule has 0 spiro atoms. The molecule has 0 amide bonds. The molecule has 0 saturated carbocycles. The fourth-order valence-corrected chi connectivity index (χ4v) is 1.63. The summed E-state index contributed by atoms with van der Waals surface area (Å²) >= 11 is 0. The van der Waals surface area contributed by atoms with E-state index >= 15 is 0 Å². The largest absolute Gasteiger partial charge is 0.494 e. The summed E-state index contributed by atoms with van der Waals surface area (Å²) in [7, 11) is 0. The van der Waals surface area contributed by atoms with Crippen molar-refractivity contribution in [3.8, 4) is 5.75 Å². The maximum Gasteiger partial charge on any atom is 0.309 e. The Bertz CT molecular complexity index is 568. The Morgan fingerprint density at radius 1 is 1.35 bits per heavy atom. The van der Waals surface area contributed by atoms with Crippen molar-refractivity contribution in [2.45, 2.75) is 19.4 Å². The Hall–Kier alpha value is -2.44. The summed E-state index contributed by atoms with van der Waals surface area (Å²) in [5.74, 6) is -0.626. The Kier molecular flexibility index (Phi) is 4.65. The second-order valence-corrected chi connectivity index (χ2v) is 4.20. The number of carboxylic acids is 1. The molecule has 1 aromatic carbocycles. The molecule has 1 heterocycles. The SMILES string of the molecule is O=C(O)Cc1cn(CCCOc2ccc(F)cc2)nn1. The lowest BCUT2D eigenvalue weighted by Crippen LogP contribution is -2.05. The fourth-order valence-electron chi connectivity index (χ4n) is 1.63. The van der Waals surface area contributed by atoms with Gasteiger partial charge >= 0.3 is 5.97 Å². The van der Waals surface area contributed by atoms with Crippen LogP contribution in [0.2, 0.25) is 0 Å². The molecule has 0 unspecified atom stereocenters. The highest BCUT2D eigenvalue weighted by atomic mass is 19.1. The number of aliphatic carboxylic acids is 1. The number of aryl methyl sites for hydroxylation is 1. The van der Waals surface area contributed by atoms with Crippen LogP contribution >= 0.6 is 0 Å². The third-order valence-electron chi connectivity index (χ3n) is 2.53. The molecular weight excluding hydrogens is 265 g/mol. The molecule has 0 aliphatic heterocycles. The first-order valence-electron chi connectivity index (χ1n) is 6.12. The number of rotatable bonds is 7. The first-order valence-corrected chi connectivity index (χ1v) is 6.12. The molecule has 106 valence electrons. The highest BCUT2D eigenvalue weighted by molar-refractivity contribution is 5.69. The molecule has 0 bridgehead atoms. The summed E-state index contributed by atoms with van der Waals surface area (Å²) in [6.07, 6.45) is 2.16. The van der Waals surface area contributed by atoms with Gasteiger partial charge in [0.2, 0.25) is 0 Å². The molecular formula is C13H14FN3O3. The van der Waals surface area contributed by atoms with E-state index in [1.807, 2.05) is 0 Å². The summed E-state index contributed by atoms with van der Waals surface area (Å²) < 4.78 is 19.7. The lowest BCUT2D eigenvalue weighted by Gasteiger charge is -2.05. The van der Waals surface area contributed by atoms with E-state index in [-0.39, 0.29) is 12.2 Å². The number of halogens is 1. The van der Waals surface area contributed by atoms with Crippen LogP contribution in [0.3, 0.4) is 0 Å². The second-order valence-electron chi connectivity index (χ2n) is 4.20. The van der Waals surface area contributed by atoms with E-state index in [0.717, 1.165) is 0 Å². The number of benzene rings is 1. The van der Waals surface area contributed by atoms with Gasteiger partial charge in [0.05, 0.1) is 18.7 Å². The molecule has 0 radical (unpaired) electrons. The van der Waals surface area contributed by atoms with Crippen molar-refractivity contribution >= 4 is 5.97 Å². The molecule has 2 rings (SSSR count). The Morgan fingerprint density at radius 3 is 2.80 bits per heavy atom. The number of carboxylic acid groups (broad SMARTS) is 1. The summed E-state index contributed by atoms with van der Waals surface area (Å²) in [6, 6.07) is 5.81. The maximum absolute atomic E-state index is 12.7. The van der Waals surface area contributed by atoms with Gasteiger partial charge < -0.3 is 9.84 Å². The standard InChI is InChI=1S/C13H14FN3O3/c14-10-2-4-12(5-3-10)20-7-1-6-17-9-11(15-16-17)8-13(18)19/h2-5,9H,1,6-8H2,(H,18,19). The minimum atomic E-state index is -0.934. The van der Waals surface area contributed by atoms with Crippen molar-refractivity contribution in [1.29, 1.82) is 0 Å². The van der Waals surface area contributed by atoms with Crippen LogP contribution in [0.1, 0.15) is 12.1 Å². The smallest absolute Gasteiger partial charge is 0.309 e. The number of aromatic nitrogens is 3. The number of nitrogens with zero attached hydrogens (tertiary/aromatic N) is 3. The van der Waals surface area contributed by atoms with Crippen LogP contribution in [0.15, 0.2) is 30.5 Å². The molecule has 2 aromatic rings. The van der Waals surface area contributed by atoms with Crippen molar-refractivity contribution in [2.75, 3.05) is 6.61 Å². The van der Waals surface area contributed by atoms with Gasteiger partial charge in [0, 0.05) is 19.2 Å². The minimum absolute atomic E-state index is 0.133. The molecule has 20 heavy (non-hydrogen) atoms. The normalized spacial score (nSPS) is 10.4. The first-order chi connectivity index (χ1) is 9.63. The van der Waals surface area contributed by atoms with Crippen molar-refractivity contribution in [2.24, 2.45) is 0 Å². The Balaban J connectivity index is 1.71. The predicted molar refractivity (Wildman–Crippen MR) is 67.9 cm³/mol. The third kappa shape index (κ3) is 4.34. The van der Waals surface area contributed by atoms with Gasteiger partial charge in [-0.15, -0.1) is 5.10 Å². The zero-order valence-corrected chi connectivity index (χ0v) is 10.7. The van der Waals surface area contributed by atoms with E-state index < -0.39 is 5.97 Å². The maximum atomic E-state index is 12.7. The van der Waals surface area contributed by atoms with Crippen molar-refractivity contribution in [1.82, 2.24) is 15.0 Å². The molecule has 1 aromatic heterocycles. The van der Waals surface area contributed by atoms with E-state index in [4.69, 9.17) is 9.84 Å². The van der Waals surface area contributed by atoms with Gasteiger partial charge in [0.25, 0.3) is 0 Å². The van der Waals surface area contributed by atoms with Crippen LogP contribution in [0.4, 0.5) is 4.39 Å². The minimum Gasteiger partial charge on any atom is -0.494 e. The molecule has 7 heteroatoms. The van der Waals surface area contributed by atoms with Crippen molar-refractivity contribution in [3.05, 3.63) is 42.0 Å².